The molecule has 1 heterocycles. The van der Waals surface area contributed by atoms with Crippen molar-refractivity contribution in [3.63, 3.8) is 0 Å². The summed E-state index contributed by atoms with van der Waals surface area (Å²) in [6.45, 7) is 4.63. The molecule has 2 rings (SSSR count). The average Bonchev–Trinajstić information content (AvgIpc) is 2.77. The Hall–Kier alpha value is -0.820. The van der Waals surface area contributed by atoms with Gasteiger partial charge in [0, 0.05) is 6.04 Å². The van der Waals surface area contributed by atoms with E-state index in [0.29, 0.717) is 15.8 Å². The molecular formula is C12H19N3O2S2. The fourth-order valence-electron chi connectivity index (χ4n) is 2.17. The fourth-order valence-corrected chi connectivity index (χ4v) is 3.72. The summed E-state index contributed by atoms with van der Waals surface area (Å²) in [7, 11) is 0. The molecule has 106 valence electrons. The zero-order valence-electron chi connectivity index (χ0n) is 11.2. The summed E-state index contributed by atoms with van der Waals surface area (Å²) >= 11 is 2.65. The number of nitrogens with zero attached hydrogens (tertiary/aromatic N) is 2. The standard InChI is InChI=1S/C12H19N3O2S2/c1-12(2)5-3-8(4-6-12)13-10-14-15-11(19-10)18-7-9(16)17/h8H,3-7H2,1-2H3,(H,13,14)(H,16,17). The van der Waals surface area contributed by atoms with Crippen molar-refractivity contribution in [1.82, 2.24) is 10.2 Å². The summed E-state index contributed by atoms with van der Waals surface area (Å²) in [4.78, 5) is 10.5. The lowest BCUT2D eigenvalue weighted by atomic mass is 9.76. The van der Waals surface area contributed by atoms with E-state index in [9.17, 15) is 4.79 Å². The van der Waals surface area contributed by atoms with Gasteiger partial charge in [-0.15, -0.1) is 10.2 Å². The number of hydrogen-bond donors (Lipinski definition) is 2. The van der Waals surface area contributed by atoms with Crippen molar-refractivity contribution in [1.29, 1.82) is 0 Å². The van der Waals surface area contributed by atoms with Crippen LogP contribution in [0.4, 0.5) is 5.13 Å². The first-order valence-corrected chi connectivity index (χ1v) is 8.19. The van der Waals surface area contributed by atoms with Crippen molar-refractivity contribution in [3.05, 3.63) is 0 Å². The molecule has 7 heteroatoms. The first-order valence-electron chi connectivity index (χ1n) is 6.39. The van der Waals surface area contributed by atoms with Crippen LogP contribution in [0.5, 0.6) is 0 Å². The van der Waals surface area contributed by atoms with E-state index < -0.39 is 5.97 Å². The second-order valence-corrected chi connectivity index (χ2v) is 7.84. The molecule has 0 aromatic carbocycles. The third kappa shape index (κ3) is 4.65. The van der Waals surface area contributed by atoms with Crippen LogP contribution in [-0.4, -0.2) is 33.1 Å². The highest BCUT2D eigenvalue weighted by Gasteiger charge is 2.27. The largest absolute Gasteiger partial charge is 0.481 e. The molecule has 5 nitrogen and oxygen atoms in total. The molecule has 0 amide bonds. The topological polar surface area (TPSA) is 75.1 Å². The zero-order chi connectivity index (χ0) is 13.9. The number of aliphatic carboxylic acids is 1. The third-order valence-corrected chi connectivity index (χ3v) is 5.36. The van der Waals surface area contributed by atoms with Crippen molar-refractivity contribution in [3.8, 4) is 0 Å². The van der Waals surface area contributed by atoms with Crippen molar-refractivity contribution >= 4 is 34.2 Å². The van der Waals surface area contributed by atoms with Crippen molar-refractivity contribution in [2.75, 3.05) is 11.1 Å². The smallest absolute Gasteiger partial charge is 0.313 e. The summed E-state index contributed by atoms with van der Waals surface area (Å²) < 4.78 is 0.709. The van der Waals surface area contributed by atoms with Gasteiger partial charge in [0.2, 0.25) is 5.13 Å². The average molecular weight is 301 g/mol. The Morgan fingerprint density at radius 2 is 2.16 bits per heavy atom. The van der Waals surface area contributed by atoms with E-state index in [1.54, 1.807) is 0 Å². The number of thioether (sulfide) groups is 1. The molecule has 1 aliphatic carbocycles. The Kier molecular flexibility index (Phi) is 4.67. The molecule has 1 aliphatic rings. The van der Waals surface area contributed by atoms with Crippen LogP contribution in [0.15, 0.2) is 4.34 Å². The van der Waals surface area contributed by atoms with Crippen LogP contribution < -0.4 is 5.32 Å². The molecule has 0 saturated heterocycles. The van der Waals surface area contributed by atoms with Gasteiger partial charge >= 0.3 is 5.97 Å². The summed E-state index contributed by atoms with van der Waals surface area (Å²) in [6, 6.07) is 0.471. The highest BCUT2D eigenvalue weighted by atomic mass is 32.2. The van der Waals surface area contributed by atoms with Gasteiger partial charge < -0.3 is 10.4 Å². The molecule has 0 aliphatic heterocycles. The number of rotatable bonds is 5. The van der Waals surface area contributed by atoms with Gasteiger partial charge in [0.05, 0.1) is 5.75 Å². The molecule has 1 fully saturated rings. The Labute approximate surface area is 121 Å². The normalized spacial score (nSPS) is 19.3. The summed E-state index contributed by atoms with van der Waals surface area (Å²) in [5.41, 5.74) is 0.460. The SMILES string of the molecule is CC1(C)CCC(Nc2nnc(SCC(=O)O)s2)CC1. The number of carboxylic acids is 1. The molecule has 1 aromatic rings. The maximum Gasteiger partial charge on any atom is 0.313 e. The van der Waals surface area contributed by atoms with Gasteiger partial charge in [-0.3, -0.25) is 4.79 Å². The van der Waals surface area contributed by atoms with Crippen LogP contribution in [0.25, 0.3) is 0 Å². The maximum absolute atomic E-state index is 10.5. The number of hydrogen-bond acceptors (Lipinski definition) is 6. The molecule has 0 radical (unpaired) electrons. The number of aromatic nitrogens is 2. The summed E-state index contributed by atoms with van der Waals surface area (Å²) in [5, 5.41) is 20.9. The highest BCUT2D eigenvalue weighted by Crippen LogP contribution is 2.36. The van der Waals surface area contributed by atoms with E-state index in [2.05, 4.69) is 29.4 Å². The van der Waals surface area contributed by atoms with E-state index in [0.717, 1.165) is 18.0 Å². The number of carbonyl (C=O) groups is 1. The van der Waals surface area contributed by atoms with Crippen molar-refractivity contribution in [2.24, 2.45) is 5.41 Å². The lowest BCUT2D eigenvalue weighted by Gasteiger charge is -2.34. The lowest BCUT2D eigenvalue weighted by molar-refractivity contribution is -0.133. The predicted octanol–water partition coefficient (Wildman–Crippen LogP) is 3.10. The van der Waals surface area contributed by atoms with Crippen LogP contribution >= 0.6 is 23.1 Å². The first-order chi connectivity index (χ1) is 8.94. The first kappa shape index (κ1) is 14.6. The van der Waals surface area contributed by atoms with Gasteiger partial charge in [0.1, 0.15) is 0 Å². The van der Waals surface area contributed by atoms with Crippen LogP contribution in [-0.2, 0) is 4.79 Å². The Balaban J connectivity index is 1.82. The fraction of sp³-hybridized carbons (Fsp3) is 0.750. The minimum atomic E-state index is -0.829. The lowest BCUT2D eigenvalue weighted by Crippen LogP contribution is -2.29. The zero-order valence-corrected chi connectivity index (χ0v) is 12.8. The van der Waals surface area contributed by atoms with Gasteiger partial charge in [-0.05, 0) is 31.1 Å². The molecule has 0 bridgehead atoms. The van der Waals surface area contributed by atoms with Crippen LogP contribution in [0.2, 0.25) is 0 Å². The third-order valence-electron chi connectivity index (χ3n) is 3.39. The van der Waals surface area contributed by atoms with Crippen LogP contribution in [0.3, 0.4) is 0 Å². The molecule has 0 atom stereocenters. The van der Waals surface area contributed by atoms with E-state index in [4.69, 9.17) is 5.11 Å². The van der Waals surface area contributed by atoms with Crippen molar-refractivity contribution in [2.45, 2.75) is 49.9 Å². The Morgan fingerprint density at radius 3 is 2.79 bits per heavy atom. The van der Waals surface area contributed by atoms with Crippen molar-refractivity contribution < 1.29 is 9.90 Å². The molecular weight excluding hydrogens is 282 g/mol. The van der Waals surface area contributed by atoms with E-state index >= 15 is 0 Å². The van der Waals surface area contributed by atoms with Gasteiger partial charge in [-0.25, -0.2) is 0 Å². The van der Waals surface area contributed by atoms with Gasteiger partial charge in [0.15, 0.2) is 4.34 Å². The van der Waals surface area contributed by atoms with Crippen LogP contribution in [0, 0.1) is 5.41 Å². The Bertz CT molecular complexity index is 438. The molecule has 19 heavy (non-hydrogen) atoms. The molecule has 1 saturated carbocycles. The monoisotopic (exact) mass is 301 g/mol. The minimum absolute atomic E-state index is 0.0340. The number of nitrogens with one attached hydrogen (secondary N) is 1. The highest BCUT2D eigenvalue weighted by molar-refractivity contribution is 8.01. The quantitative estimate of drug-likeness (QED) is 0.814. The molecule has 1 aromatic heterocycles. The molecule has 0 spiro atoms. The van der Waals surface area contributed by atoms with Gasteiger partial charge in [0.25, 0.3) is 0 Å². The summed E-state index contributed by atoms with van der Waals surface area (Å²) in [5.74, 6) is -0.795. The van der Waals surface area contributed by atoms with E-state index in [1.165, 1.54) is 35.9 Å². The Morgan fingerprint density at radius 1 is 1.47 bits per heavy atom. The molecule has 2 N–H and O–H groups in total. The number of carboxylic acid groups (broad SMARTS) is 1. The minimum Gasteiger partial charge on any atom is -0.481 e. The van der Waals surface area contributed by atoms with E-state index in [-0.39, 0.29) is 5.75 Å². The van der Waals surface area contributed by atoms with Gasteiger partial charge in [-0.1, -0.05) is 36.9 Å². The second kappa shape index (κ2) is 6.09. The predicted molar refractivity (Wildman–Crippen MR) is 77.9 cm³/mol. The second-order valence-electron chi connectivity index (χ2n) is 5.64. The number of anilines is 1. The van der Waals surface area contributed by atoms with E-state index in [1.807, 2.05) is 0 Å². The summed E-state index contributed by atoms with van der Waals surface area (Å²) in [6.07, 6.45) is 4.77. The van der Waals surface area contributed by atoms with Crippen LogP contribution in [0.1, 0.15) is 39.5 Å². The molecule has 0 unspecified atom stereocenters. The van der Waals surface area contributed by atoms with Gasteiger partial charge in [-0.2, -0.15) is 0 Å². The maximum atomic E-state index is 10.5.